The molecule has 2 amide bonds. The molecule has 1 aliphatic heterocycles. The van der Waals surface area contributed by atoms with E-state index in [4.69, 9.17) is 0 Å². The predicted molar refractivity (Wildman–Crippen MR) is 96.7 cm³/mol. The lowest BCUT2D eigenvalue weighted by Gasteiger charge is -2.32. The third-order valence-electron chi connectivity index (χ3n) is 4.54. The van der Waals surface area contributed by atoms with Crippen molar-refractivity contribution in [1.82, 2.24) is 24.5 Å². The number of sulfonamides is 1. The number of carbonyl (C=O) groups excluding carboxylic acids is 1. The molecule has 25 heavy (non-hydrogen) atoms. The van der Waals surface area contributed by atoms with Gasteiger partial charge in [0.25, 0.3) is 0 Å². The lowest BCUT2D eigenvalue weighted by molar-refractivity contribution is 0.178. The van der Waals surface area contributed by atoms with Crippen LogP contribution in [0.4, 0.5) is 4.79 Å². The van der Waals surface area contributed by atoms with E-state index in [0.29, 0.717) is 38.4 Å². The van der Waals surface area contributed by atoms with Crippen LogP contribution in [-0.4, -0.2) is 60.3 Å². The van der Waals surface area contributed by atoms with Gasteiger partial charge in [-0.2, -0.15) is 0 Å². The molecule has 0 bridgehead atoms. The molecule has 2 N–H and O–H groups in total. The van der Waals surface area contributed by atoms with Crippen molar-refractivity contribution in [1.29, 1.82) is 0 Å². The first-order valence-electron chi connectivity index (χ1n) is 8.81. The van der Waals surface area contributed by atoms with Crippen LogP contribution in [0, 0.1) is 12.8 Å². The van der Waals surface area contributed by atoms with Crippen LogP contribution in [0.15, 0.2) is 12.4 Å². The highest BCUT2D eigenvalue weighted by atomic mass is 32.2. The molecule has 142 valence electrons. The van der Waals surface area contributed by atoms with Gasteiger partial charge in [0.05, 0.1) is 5.75 Å². The van der Waals surface area contributed by atoms with Gasteiger partial charge < -0.3 is 14.8 Å². The maximum atomic E-state index is 12.3. The molecule has 1 aliphatic rings. The van der Waals surface area contributed by atoms with E-state index < -0.39 is 10.0 Å². The van der Waals surface area contributed by atoms with E-state index in [1.807, 2.05) is 13.1 Å². The average molecular weight is 372 g/mol. The highest BCUT2D eigenvalue weighted by Crippen LogP contribution is 2.12. The summed E-state index contributed by atoms with van der Waals surface area (Å²) in [5.74, 6) is 1.35. The van der Waals surface area contributed by atoms with Gasteiger partial charge in [-0.05, 0) is 32.6 Å². The van der Waals surface area contributed by atoms with E-state index in [-0.39, 0.29) is 17.8 Å². The molecule has 0 aromatic carbocycles. The molecule has 1 atom stereocenters. The molecule has 1 aromatic rings. The van der Waals surface area contributed by atoms with Crippen molar-refractivity contribution in [3.8, 4) is 0 Å². The highest BCUT2D eigenvalue weighted by Gasteiger charge is 2.25. The number of imidazole rings is 1. The molecule has 1 fully saturated rings. The van der Waals surface area contributed by atoms with Crippen molar-refractivity contribution in [2.45, 2.75) is 46.2 Å². The van der Waals surface area contributed by atoms with Crippen LogP contribution in [0.1, 0.15) is 32.5 Å². The first-order chi connectivity index (χ1) is 11.8. The molecule has 0 radical (unpaired) electrons. The third kappa shape index (κ3) is 6.00. The molecule has 1 saturated heterocycles. The van der Waals surface area contributed by atoms with E-state index in [2.05, 4.69) is 26.5 Å². The third-order valence-corrected chi connectivity index (χ3v) is 5.99. The summed E-state index contributed by atoms with van der Waals surface area (Å²) in [6.07, 6.45) is 5.01. The van der Waals surface area contributed by atoms with E-state index >= 15 is 0 Å². The van der Waals surface area contributed by atoms with Crippen LogP contribution in [-0.2, 0) is 16.6 Å². The lowest BCUT2D eigenvalue weighted by Crippen LogP contribution is -2.50. The Morgan fingerprint density at radius 1 is 1.40 bits per heavy atom. The monoisotopic (exact) mass is 371 g/mol. The lowest BCUT2D eigenvalue weighted by atomic mass is 10.1. The molecule has 8 nitrogen and oxygen atoms in total. The van der Waals surface area contributed by atoms with Crippen LogP contribution in [0.5, 0.6) is 0 Å². The number of carbonyl (C=O) groups is 1. The fourth-order valence-corrected chi connectivity index (χ4v) is 3.82. The molecular formula is C16H29N5O3S. The molecule has 1 unspecified atom stereocenters. The van der Waals surface area contributed by atoms with Crippen LogP contribution in [0.3, 0.4) is 0 Å². The molecule has 0 aliphatic carbocycles. The van der Waals surface area contributed by atoms with Gasteiger partial charge in [-0.1, -0.05) is 6.92 Å². The SMILES string of the molecule is CCS(=O)(=O)NC1CCN(C(=O)NCC(C)Cn2ccnc2C)CC1. The highest BCUT2D eigenvalue weighted by molar-refractivity contribution is 7.89. The van der Waals surface area contributed by atoms with Gasteiger partial charge in [-0.3, -0.25) is 0 Å². The van der Waals surface area contributed by atoms with Crippen molar-refractivity contribution >= 4 is 16.1 Å². The number of hydrogen-bond acceptors (Lipinski definition) is 4. The van der Waals surface area contributed by atoms with E-state index in [1.54, 1.807) is 18.0 Å². The van der Waals surface area contributed by atoms with Crippen LogP contribution < -0.4 is 10.0 Å². The molecule has 1 aromatic heterocycles. The van der Waals surface area contributed by atoms with Gasteiger partial charge in [0.15, 0.2) is 0 Å². The van der Waals surface area contributed by atoms with E-state index in [0.717, 1.165) is 12.4 Å². The summed E-state index contributed by atoms with van der Waals surface area (Å²) < 4.78 is 28.0. The quantitative estimate of drug-likeness (QED) is 0.745. The second-order valence-corrected chi connectivity index (χ2v) is 8.74. The number of hydrogen-bond donors (Lipinski definition) is 2. The van der Waals surface area contributed by atoms with Crippen molar-refractivity contribution in [2.24, 2.45) is 5.92 Å². The number of aromatic nitrogens is 2. The summed E-state index contributed by atoms with van der Waals surface area (Å²) in [5.41, 5.74) is 0. The summed E-state index contributed by atoms with van der Waals surface area (Å²) in [5, 5.41) is 2.97. The molecule has 2 rings (SSSR count). The summed E-state index contributed by atoms with van der Waals surface area (Å²) in [4.78, 5) is 18.2. The van der Waals surface area contributed by atoms with Gasteiger partial charge in [-0.15, -0.1) is 0 Å². The summed E-state index contributed by atoms with van der Waals surface area (Å²) in [6.45, 7) is 8.21. The Morgan fingerprint density at radius 2 is 2.08 bits per heavy atom. The second kappa shape index (κ2) is 8.66. The minimum absolute atomic E-state index is 0.0721. The van der Waals surface area contributed by atoms with E-state index in [1.165, 1.54) is 0 Å². The number of piperidine rings is 1. The Kier molecular flexibility index (Phi) is 6.83. The first kappa shape index (κ1) is 19.7. The number of amides is 2. The Morgan fingerprint density at radius 3 is 2.64 bits per heavy atom. The molecule has 9 heteroatoms. The Bertz CT molecular complexity index is 665. The molecular weight excluding hydrogens is 342 g/mol. The fraction of sp³-hybridized carbons (Fsp3) is 0.750. The summed E-state index contributed by atoms with van der Waals surface area (Å²) in [6, 6.07) is -0.150. The topological polar surface area (TPSA) is 96.3 Å². The maximum absolute atomic E-state index is 12.3. The summed E-state index contributed by atoms with van der Waals surface area (Å²) in [7, 11) is -3.18. The van der Waals surface area contributed by atoms with Gasteiger partial charge in [0.2, 0.25) is 10.0 Å². The smallest absolute Gasteiger partial charge is 0.317 e. The van der Waals surface area contributed by atoms with Gasteiger partial charge in [0, 0.05) is 44.6 Å². The molecule has 2 heterocycles. The number of rotatable bonds is 7. The summed E-state index contributed by atoms with van der Waals surface area (Å²) >= 11 is 0. The van der Waals surface area contributed by atoms with Crippen LogP contribution in [0.25, 0.3) is 0 Å². The Balaban J connectivity index is 1.71. The van der Waals surface area contributed by atoms with Crippen molar-refractivity contribution in [2.75, 3.05) is 25.4 Å². The van der Waals surface area contributed by atoms with Gasteiger partial charge in [-0.25, -0.2) is 22.9 Å². The number of nitrogens with zero attached hydrogens (tertiary/aromatic N) is 3. The number of urea groups is 1. The van der Waals surface area contributed by atoms with Crippen molar-refractivity contribution in [3.63, 3.8) is 0 Å². The number of aryl methyl sites for hydroxylation is 1. The normalized spacial score (nSPS) is 17.5. The van der Waals surface area contributed by atoms with Crippen LogP contribution in [0.2, 0.25) is 0 Å². The fourth-order valence-electron chi connectivity index (χ4n) is 2.91. The Labute approximate surface area is 150 Å². The van der Waals surface area contributed by atoms with Crippen molar-refractivity contribution < 1.29 is 13.2 Å². The minimum Gasteiger partial charge on any atom is -0.338 e. The average Bonchev–Trinajstić information content (AvgIpc) is 2.98. The zero-order chi connectivity index (χ0) is 18.4. The van der Waals surface area contributed by atoms with E-state index in [9.17, 15) is 13.2 Å². The first-order valence-corrected chi connectivity index (χ1v) is 10.5. The van der Waals surface area contributed by atoms with Gasteiger partial charge >= 0.3 is 6.03 Å². The second-order valence-electron chi connectivity index (χ2n) is 6.70. The van der Waals surface area contributed by atoms with Crippen molar-refractivity contribution in [3.05, 3.63) is 18.2 Å². The van der Waals surface area contributed by atoms with Gasteiger partial charge in [0.1, 0.15) is 5.82 Å². The zero-order valence-electron chi connectivity index (χ0n) is 15.2. The number of nitrogens with one attached hydrogen (secondary N) is 2. The predicted octanol–water partition coefficient (Wildman–Crippen LogP) is 0.941. The standard InChI is InChI=1S/C16H29N5O3S/c1-4-25(23,24)19-15-5-8-20(9-6-15)16(22)18-11-13(2)12-21-10-7-17-14(21)3/h7,10,13,15,19H,4-6,8-9,11-12H2,1-3H3,(H,18,22). The number of likely N-dealkylation sites (tertiary alicyclic amines) is 1. The Hall–Kier alpha value is -1.61. The maximum Gasteiger partial charge on any atom is 0.317 e. The zero-order valence-corrected chi connectivity index (χ0v) is 16.1. The largest absolute Gasteiger partial charge is 0.338 e. The molecule has 0 saturated carbocycles. The minimum atomic E-state index is -3.18. The molecule has 0 spiro atoms. The van der Waals surface area contributed by atoms with Crippen LogP contribution >= 0.6 is 0 Å².